The molecule has 0 aromatic heterocycles. The molecule has 0 unspecified atom stereocenters. The molecule has 156 valence electrons. The van der Waals surface area contributed by atoms with Gasteiger partial charge in [-0.1, -0.05) is 47.5 Å². The summed E-state index contributed by atoms with van der Waals surface area (Å²) in [5.74, 6) is -0.446. The molecule has 1 heterocycles. The highest BCUT2D eigenvalue weighted by Crippen LogP contribution is 2.27. The Bertz CT molecular complexity index is 1310. The molecular formula is C23H16ClNO5S. The molecule has 8 heteroatoms. The zero-order valence-electron chi connectivity index (χ0n) is 16.3. The van der Waals surface area contributed by atoms with Gasteiger partial charge in [0, 0.05) is 16.1 Å². The third-order valence-electron chi connectivity index (χ3n) is 4.43. The van der Waals surface area contributed by atoms with Crippen LogP contribution >= 0.6 is 11.6 Å². The average molecular weight is 454 g/mol. The molecule has 3 aromatic carbocycles. The van der Waals surface area contributed by atoms with Crippen LogP contribution in [0.1, 0.15) is 16.7 Å². The van der Waals surface area contributed by atoms with Crippen LogP contribution in [0, 0.1) is 6.92 Å². The quantitative estimate of drug-likeness (QED) is 0.316. The van der Waals surface area contributed by atoms with Crippen molar-refractivity contribution in [3.63, 3.8) is 0 Å². The molecule has 4 rings (SSSR count). The number of para-hydroxylation sites is 1. The molecule has 0 saturated heterocycles. The third kappa shape index (κ3) is 4.68. The van der Waals surface area contributed by atoms with E-state index in [0.717, 1.165) is 5.56 Å². The van der Waals surface area contributed by atoms with E-state index in [9.17, 15) is 13.2 Å². The van der Waals surface area contributed by atoms with E-state index in [-0.39, 0.29) is 22.2 Å². The van der Waals surface area contributed by atoms with Gasteiger partial charge in [0.15, 0.2) is 5.70 Å². The number of halogens is 1. The number of hydrogen-bond acceptors (Lipinski definition) is 6. The number of aryl methyl sites for hydroxylation is 1. The summed E-state index contributed by atoms with van der Waals surface area (Å²) in [5.41, 5.74) is 1.91. The largest absolute Gasteiger partial charge is 0.402 e. The summed E-state index contributed by atoms with van der Waals surface area (Å²) in [6, 6.07) is 19.5. The van der Waals surface area contributed by atoms with Crippen LogP contribution in [0.5, 0.6) is 5.75 Å². The molecule has 1 aliphatic heterocycles. The van der Waals surface area contributed by atoms with E-state index in [2.05, 4.69) is 4.99 Å². The van der Waals surface area contributed by atoms with Crippen LogP contribution in [0.2, 0.25) is 5.02 Å². The summed E-state index contributed by atoms with van der Waals surface area (Å²) in [7, 11) is -4.05. The maximum atomic E-state index is 12.7. The number of esters is 1. The van der Waals surface area contributed by atoms with Crippen LogP contribution in [-0.2, 0) is 19.6 Å². The lowest BCUT2D eigenvalue weighted by Crippen LogP contribution is -2.10. The Morgan fingerprint density at radius 3 is 2.35 bits per heavy atom. The Balaban J connectivity index is 1.65. The van der Waals surface area contributed by atoms with E-state index in [0.29, 0.717) is 16.1 Å². The fourth-order valence-corrected chi connectivity index (χ4v) is 3.90. The number of rotatable bonds is 5. The highest BCUT2D eigenvalue weighted by molar-refractivity contribution is 7.87. The van der Waals surface area contributed by atoms with Crippen molar-refractivity contribution in [1.82, 2.24) is 0 Å². The summed E-state index contributed by atoms with van der Waals surface area (Å²) in [4.78, 5) is 16.5. The van der Waals surface area contributed by atoms with Crippen molar-refractivity contribution in [2.24, 2.45) is 4.99 Å². The standard InChI is InChI=1S/C23H16ClNO5S/c1-15-6-12-19(13-7-15)31(27,28)30-21-5-3-2-4-17(21)14-20-23(26)29-22(25-20)16-8-10-18(24)11-9-16/h2-14H,1H3. The third-order valence-corrected chi connectivity index (χ3v) is 5.93. The van der Waals surface area contributed by atoms with Crippen molar-refractivity contribution in [2.45, 2.75) is 11.8 Å². The average Bonchev–Trinajstić information content (AvgIpc) is 3.10. The molecular weight excluding hydrogens is 438 g/mol. The van der Waals surface area contributed by atoms with Gasteiger partial charge in [0.25, 0.3) is 0 Å². The van der Waals surface area contributed by atoms with Crippen LogP contribution in [0.4, 0.5) is 0 Å². The Morgan fingerprint density at radius 2 is 1.65 bits per heavy atom. The van der Waals surface area contributed by atoms with Crippen molar-refractivity contribution < 1.29 is 22.1 Å². The number of carbonyl (C=O) groups is 1. The van der Waals surface area contributed by atoms with Crippen LogP contribution in [0.15, 0.2) is 88.4 Å². The smallest absolute Gasteiger partial charge is 0.363 e. The first-order valence-electron chi connectivity index (χ1n) is 9.20. The van der Waals surface area contributed by atoms with Crippen LogP contribution in [0.25, 0.3) is 6.08 Å². The van der Waals surface area contributed by atoms with Gasteiger partial charge in [-0.25, -0.2) is 9.79 Å². The monoisotopic (exact) mass is 453 g/mol. The van der Waals surface area contributed by atoms with Crippen molar-refractivity contribution in [3.8, 4) is 5.75 Å². The number of cyclic esters (lactones) is 1. The molecule has 3 aromatic rings. The van der Waals surface area contributed by atoms with Gasteiger partial charge in [0.1, 0.15) is 10.6 Å². The summed E-state index contributed by atoms with van der Waals surface area (Å²) in [5, 5.41) is 0.547. The van der Waals surface area contributed by atoms with Gasteiger partial charge in [-0.3, -0.25) is 0 Å². The predicted molar refractivity (Wildman–Crippen MR) is 117 cm³/mol. The fraction of sp³-hybridized carbons (Fsp3) is 0.0435. The Morgan fingerprint density at radius 1 is 0.968 bits per heavy atom. The number of ether oxygens (including phenoxy) is 1. The molecule has 0 aliphatic carbocycles. The van der Waals surface area contributed by atoms with Gasteiger partial charge in [-0.15, -0.1) is 0 Å². The molecule has 0 N–H and O–H groups in total. The lowest BCUT2D eigenvalue weighted by atomic mass is 10.1. The van der Waals surface area contributed by atoms with Crippen molar-refractivity contribution in [1.29, 1.82) is 0 Å². The van der Waals surface area contributed by atoms with Crippen LogP contribution in [-0.4, -0.2) is 20.3 Å². The van der Waals surface area contributed by atoms with E-state index >= 15 is 0 Å². The molecule has 0 bridgehead atoms. The maximum Gasteiger partial charge on any atom is 0.363 e. The van der Waals surface area contributed by atoms with Gasteiger partial charge in [0.2, 0.25) is 5.90 Å². The lowest BCUT2D eigenvalue weighted by molar-refractivity contribution is -0.129. The van der Waals surface area contributed by atoms with Gasteiger partial charge in [0.05, 0.1) is 0 Å². The maximum absolute atomic E-state index is 12.7. The second kappa shape index (κ2) is 8.37. The van der Waals surface area contributed by atoms with E-state index in [1.54, 1.807) is 54.6 Å². The summed E-state index contributed by atoms with van der Waals surface area (Å²) in [6.07, 6.45) is 1.42. The van der Waals surface area contributed by atoms with E-state index < -0.39 is 16.1 Å². The molecule has 6 nitrogen and oxygen atoms in total. The summed E-state index contributed by atoms with van der Waals surface area (Å²) >= 11 is 5.88. The summed E-state index contributed by atoms with van der Waals surface area (Å²) < 4.78 is 35.9. The molecule has 31 heavy (non-hydrogen) atoms. The Hall–Kier alpha value is -3.42. The number of nitrogens with zero attached hydrogens (tertiary/aromatic N) is 1. The Labute approximate surface area is 184 Å². The number of hydrogen-bond donors (Lipinski definition) is 0. The minimum absolute atomic E-state index is 0.0220. The number of carbonyl (C=O) groups excluding carboxylic acids is 1. The molecule has 0 radical (unpaired) electrons. The molecule has 0 amide bonds. The van der Waals surface area contributed by atoms with E-state index in [1.165, 1.54) is 24.3 Å². The van der Waals surface area contributed by atoms with Gasteiger partial charge >= 0.3 is 16.1 Å². The molecule has 0 saturated carbocycles. The minimum Gasteiger partial charge on any atom is -0.402 e. The van der Waals surface area contributed by atoms with Gasteiger partial charge < -0.3 is 8.92 Å². The SMILES string of the molecule is Cc1ccc(S(=O)(=O)Oc2ccccc2C=C2N=C(c3ccc(Cl)cc3)OC2=O)cc1. The molecule has 0 fully saturated rings. The first kappa shape index (κ1) is 20.8. The lowest BCUT2D eigenvalue weighted by Gasteiger charge is -2.09. The Kier molecular flexibility index (Phi) is 5.63. The first-order valence-corrected chi connectivity index (χ1v) is 11.0. The predicted octanol–water partition coefficient (Wildman–Crippen LogP) is 4.76. The van der Waals surface area contributed by atoms with Crippen LogP contribution in [0.3, 0.4) is 0 Å². The van der Waals surface area contributed by atoms with E-state index in [1.807, 2.05) is 6.92 Å². The zero-order chi connectivity index (χ0) is 22.0. The highest BCUT2D eigenvalue weighted by Gasteiger charge is 2.25. The molecule has 0 spiro atoms. The highest BCUT2D eigenvalue weighted by atomic mass is 35.5. The molecule has 1 aliphatic rings. The van der Waals surface area contributed by atoms with Crippen molar-refractivity contribution in [3.05, 3.63) is 100 Å². The fourth-order valence-electron chi connectivity index (χ4n) is 2.82. The van der Waals surface area contributed by atoms with Crippen LogP contribution < -0.4 is 4.18 Å². The van der Waals surface area contributed by atoms with Crippen molar-refractivity contribution >= 4 is 39.7 Å². The summed E-state index contributed by atoms with van der Waals surface area (Å²) in [6.45, 7) is 1.86. The van der Waals surface area contributed by atoms with E-state index in [4.69, 9.17) is 20.5 Å². The molecule has 0 atom stereocenters. The topological polar surface area (TPSA) is 82.0 Å². The first-order chi connectivity index (χ1) is 14.8. The second-order valence-corrected chi connectivity index (χ2v) is 8.71. The minimum atomic E-state index is -4.05. The zero-order valence-corrected chi connectivity index (χ0v) is 17.9. The van der Waals surface area contributed by atoms with Gasteiger partial charge in [-0.2, -0.15) is 8.42 Å². The second-order valence-electron chi connectivity index (χ2n) is 6.73. The number of benzene rings is 3. The normalized spacial score (nSPS) is 15.0. The van der Waals surface area contributed by atoms with Crippen molar-refractivity contribution in [2.75, 3.05) is 0 Å². The van der Waals surface area contributed by atoms with Gasteiger partial charge in [-0.05, 0) is 55.5 Å². The number of aliphatic imine (C=N–C) groups is 1.